The molecule has 0 aliphatic carbocycles. The highest BCUT2D eigenvalue weighted by atomic mass is 16.3. The minimum atomic E-state index is -0.111. The van der Waals surface area contributed by atoms with Crippen LogP contribution in [0.3, 0.4) is 0 Å². The normalized spacial score (nSPS) is 11.1. The van der Waals surface area contributed by atoms with Crippen LogP contribution >= 0.6 is 0 Å². The van der Waals surface area contributed by atoms with Crippen LogP contribution in [0, 0.1) is 28.6 Å². The third-order valence-corrected chi connectivity index (χ3v) is 2.57. The van der Waals surface area contributed by atoms with Crippen molar-refractivity contribution in [2.75, 3.05) is 0 Å². The second kappa shape index (κ2) is 5.89. The van der Waals surface area contributed by atoms with Crippen LogP contribution in [0.4, 0.5) is 0 Å². The van der Waals surface area contributed by atoms with Gasteiger partial charge < -0.3 is 5.11 Å². The number of nitriles is 2. The van der Waals surface area contributed by atoms with Gasteiger partial charge in [0.1, 0.15) is 23.5 Å². The lowest BCUT2D eigenvalue weighted by atomic mass is 9.99. The van der Waals surface area contributed by atoms with Gasteiger partial charge in [-0.05, 0) is 31.4 Å². The smallest absolute Gasteiger partial charge is 0.141 e. The number of phenols is 1. The molecule has 3 nitrogen and oxygen atoms in total. The summed E-state index contributed by atoms with van der Waals surface area (Å²) in [6.45, 7) is 6.23. The Morgan fingerprint density at radius 3 is 2.50 bits per heavy atom. The van der Waals surface area contributed by atoms with E-state index in [1.165, 1.54) is 0 Å². The van der Waals surface area contributed by atoms with Gasteiger partial charge in [-0.2, -0.15) is 10.5 Å². The highest BCUT2D eigenvalue weighted by Gasteiger charge is 2.11. The number of phenolic OH excluding ortho intramolecular Hbond substituents is 1. The molecule has 0 amide bonds. The molecule has 3 heteroatoms. The summed E-state index contributed by atoms with van der Waals surface area (Å²) >= 11 is 0. The van der Waals surface area contributed by atoms with E-state index in [0.717, 1.165) is 12.0 Å². The molecule has 92 valence electrons. The first-order valence-electron chi connectivity index (χ1n) is 5.83. The van der Waals surface area contributed by atoms with Crippen LogP contribution in [0.1, 0.15) is 43.9 Å². The van der Waals surface area contributed by atoms with Gasteiger partial charge in [-0.3, -0.25) is 0 Å². The molecule has 0 aliphatic heterocycles. The summed E-state index contributed by atoms with van der Waals surface area (Å²) in [5.41, 5.74) is 1.97. The van der Waals surface area contributed by atoms with Gasteiger partial charge in [0, 0.05) is 5.56 Å². The maximum Gasteiger partial charge on any atom is 0.141 e. The zero-order valence-electron chi connectivity index (χ0n) is 10.9. The second-order valence-corrected chi connectivity index (χ2v) is 4.74. The Hall–Kier alpha value is -2.26. The standard InChI is InChI=1S/C15H16N2O/c1-10(2)6-11(3)7-12-4-5-13(8-16)14(9-17)15(12)18/h4-5,7,10,18H,6H2,1-3H3. The van der Waals surface area contributed by atoms with Crippen molar-refractivity contribution >= 4 is 6.08 Å². The van der Waals surface area contributed by atoms with Crippen LogP contribution in [0.15, 0.2) is 17.7 Å². The largest absolute Gasteiger partial charge is 0.506 e. The molecule has 0 saturated carbocycles. The van der Waals surface area contributed by atoms with Crippen molar-refractivity contribution in [1.82, 2.24) is 0 Å². The molecule has 18 heavy (non-hydrogen) atoms. The van der Waals surface area contributed by atoms with Crippen molar-refractivity contribution in [3.63, 3.8) is 0 Å². The fourth-order valence-electron chi connectivity index (χ4n) is 1.90. The summed E-state index contributed by atoms with van der Waals surface area (Å²) in [5.74, 6) is 0.428. The fraction of sp³-hybridized carbons (Fsp3) is 0.333. The lowest BCUT2D eigenvalue weighted by molar-refractivity contribution is 0.472. The monoisotopic (exact) mass is 240 g/mol. The van der Waals surface area contributed by atoms with Gasteiger partial charge in [-0.25, -0.2) is 0 Å². The first kappa shape index (κ1) is 13.8. The third-order valence-electron chi connectivity index (χ3n) is 2.57. The molecule has 0 unspecified atom stereocenters. The van der Waals surface area contributed by atoms with E-state index in [-0.39, 0.29) is 16.9 Å². The van der Waals surface area contributed by atoms with Crippen molar-refractivity contribution in [2.45, 2.75) is 27.2 Å². The lowest BCUT2D eigenvalue weighted by Crippen LogP contribution is -1.90. The minimum absolute atomic E-state index is 0.0450. The molecular weight excluding hydrogens is 224 g/mol. The predicted molar refractivity (Wildman–Crippen MR) is 70.6 cm³/mol. The van der Waals surface area contributed by atoms with Crippen LogP contribution in [0.2, 0.25) is 0 Å². The molecule has 0 bridgehead atoms. The van der Waals surface area contributed by atoms with E-state index < -0.39 is 0 Å². The van der Waals surface area contributed by atoms with E-state index in [1.807, 2.05) is 25.1 Å². The van der Waals surface area contributed by atoms with Crippen LogP contribution in [0.5, 0.6) is 5.75 Å². The van der Waals surface area contributed by atoms with Gasteiger partial charge in [-0.1, -0.05) is 25.5 Å². The van der Waals surface area contributed by atoms with E-state index in [0.29, 0.717) is 11.5 Å². The molecule has 0 radical (unpaired) electrons. The van der Waals surface area contributed by atoms with E-state index in [2.05, 4.69) is 13.8 Å². The number of aromatic hydroxyl groups is 1. The SMILES string of the molecule is CC(=Cc1ccc(C#N)c(C#N)c1O)CC(C)C. The number of rotatable bonds is 3. The summed E-state index contributed by atoms with van der Waals surface area (Å²) in [6.07, 6.45) is 2.79. The van der Waals surface area contributed by atoms with Gasteiger partial charge in [0.2, 0.25) is 0 Å². The molecule has 0 atom stereocenters. The summed E-state index contributed by atoms with van der Waals surface area (Å²) in [4.78, 5) is 0. The molecule has 0 heterocycles. The molecule has 0 spiro atoms. The molecule has 1 rings (SSSR count). The molecule has 0 aromatic heterocycles. The van der Waals surface area contributed by atoms with Gasteiger partial charge in [0.05, 0.1) is 5.56 Å². The van der Waals surface area contributed by atoms with Crippen molar-refractivity contribution in [2.24, 2.45) is 5.92 Å². The number of allylic oxidation sites excluding steroid dienone is 1. The van der Waals surface area contributed by atoms with E-state index in [9.17, 15) is 5.11 Å². The summed E-state index contributed by atoms with van der Waals surface area (Å²) in [6, 6.07) is 6.99. The fourth-order valence-corrected chi connectivity index (χ4v) is 1.90. The van der Waals surface area contributed by atoms with E-state index in [4.69, 9.17) is 10.5 Å². The average molecular weight is 240 g/mol. The molecule has 0 fully saturated rings. The molecule has 1 N–H and O–H groups in total. The van der Waals surface area contributed by atoms with Crippen LogP contribution < -0.4 is 0 Å². The Morgan fingerprint density at radius 2 is 2.00 bits per heavy atom. The Balaban J connectivity index is 3.22. The first-order chi connectivity index (χ1) is 8.49. The number of nitrogens with zero attached hydrogens (tertiary/aromatic N) is 2. The van der Waals surface area contributed by atoms with Crippen molar-refractivity contribution < 1.29 is 5.11 Å². The van der Waals surface area contributed by atoms with Crippen LogP contribution in [-0.2, 0) is 0 Å². The third kappa shape index (κ3) is 3.12. The minimum Gasteiger partial charge on any atom is -0.506 e. The van der Waals surface area contributed by atoms with Gasteiger partial charge in [0.25, 0.3) is 0 Å². The number of hydrogen-bond acceptors (Lipinski definition) is 3. The van der Waals surface area contributed by atoms with Crippen molar-refractivity contribution in [3.05, 3.63) is 34.4 Å². The molecule has 0 saturated heterocycles. The van der Waals surface area contributed by atoms with Crippen LogP contribution in [-0.4, -0.2) is 5.11 Å². The maximum absolute atomic E-state index is 9.97. The second-order valence-electron chi connectivity index (χ2n) is 4.74. The summed E-state index contributed by atoms with van der Waals surface area (Å²) in [5, 5.41) is 27.8. The highest BCUT2D eigenvalue weighted by Crippen LogP contribution is 2.28. The number of benzene rings is 1. The Labute approximate surface area is 108 Å². The molecule has 1 aromatic carbocycles. The molecule has 1 aromatic rings. The summed E-state index contributed by atoms with van der Waals surface area (Å²) in [7, 11) is 0. The predicted octanol–water partition coefficient (Wildman–Crippen LogP) is 3.58. The van der Waals surface area contributed by atoms with Crippen LogP contribution in [0.25, 0.3) is 6.08 Å². The first-order valence-corrected chi connectivity index (χ1v) is 5.83. The zero-order chi connectivity index (χ0) is 13.7. The maximum atomic E-state index is 9.97. The molecular formula is C15H16N2O. The molecule has 0 aliphatic rings. The Morgan fingerprint density at radius 1 is 1.33 bits per heavy atom. The summed E-state index contributed by atoms with van der Waals surface area (Å²) < 4.78 is 0. The number of hydrogen-bond donors (Lipinski definition) is 1. The van der Waals surface area contributed by atoms with Crippen molar-refractivity contribution in [3.8, 4) is 17.9 Å². The average Bonchev–Trinajstić information content (AvgIpc) is 2.30. The van der Waals surface area contributed by atoms with Gasteiger partial charge in [-0.15, -0.1) is 0 Å². The topological polar surface area (TPSA) is 67.8 Å². The lowest BCUT2D eigenvalue weighted by Gasteiger charge is -2.07. The van der Waals surface area contributed by atoms with E-state index in [1.54, 1.807) is 12.1 Å². The van der Waals surface area contributed by atoms with E-state index >= 15 is 0 Å². The Bertz CT molecular complexity index is 557. The van der Waals surface area contributed by atoms with Crippen molar-refractivity contribution in [1.29, 1.82) is 10.5 Å². The Kier molecular flexibility index (Phi) is 4.52. The quantitative estimate of drug-likeness (QED) is 0.877. The van der Waals surface area contributed by atoms with Gasteiger partial charge in [0.15, 0.2) is 0 Å². The van der Waals surface area contributed by atoms with Gasteiger partial charge >= 0.3 is 0 Å². The highest BCUT2D eigenvalue weighted by molar-refractivity contribution is 5.67. The zero-order valence-corrected chi connectivity index (χ0v) is 10.9.